The molecule has 0 saturated heterocycles. The van der Waals surface area contributed by atoms with Crippen molar-refractivity contribution in [2.45, 2.75) is 31.3 Å². The summed E-state index contributed by atoms with van der Waals surface area (Å²) in [5.41, 5.74) is 5.00. The summed E-state index contributed by atoms with van der Waals surface area (Å²) >= 11 is 5.89. The van der Waals surface area contributed by atoms with Crippen molar-refractivity contribution in [3.63, 3.8) is 0 Å². The molecule has 0 aromatic rings. The molecule has 78 valence electrons. The van der Waals surface area contributed by atoms with Crippen molar-refractivity contribution in [1.82, 2.24) is 5.01 Å². The van der Waals surface area contributed by atoms with Gasteiger partial charge in [0.25, 0.3) is 0 Å². The fourth-order valence-electron chi connectivity index (χ4n) is 1.87. The molecular formula is C8H14ClN5. The quantitative estimate of drug-likeness (QED) is 0.382. The Hall–Kier alpha value is -0.810. The number of nitrogens with zero attached hydrogens (tertiary/aromatic N) is 3. The van der Waals surface area contributed by atoms with Gasteiger partial charge >= 0.3 is 0 Å². The van der Waals surface area contributed by atoms with Gasteiger partial charge in [-0.15, -0.1) is 0 Å². The minimum Gasteiger partial charge on any atom is -0.368 e. The van der Waals surface area contributed by atoms with Crippen LogP contribution in [0.1, 0.15) is 25.7 Å². The average molecular weight is 216 g/mol. The summed E-state index contributed by atoms with van der Waals surface area (Å²) in [6.07, 6.45) is 4.73. The summed E-state index contributed by atoms with van der Waals surface area (Å²) in [7, 11) is 0. The van der Waals surface area contributed by atoms with E-state index in [0.717, 1.165) is 18.7 Å². The van der Waals surface area contributed by atoms with Gasteiger partial charge in [0.2, 0.25) is 11.6 Å². The highest BCUT2D eigenvalue weighted by molar-refractivity contribution is 6.22. The van der Waals surface area contributed by atoms with Crippen LogP contribution >= 0.6 is 11.6 Å². The van der Waals surface area contributed by atoms with Gasteiger partial charge in [-0.3, -0.25) is 0 Å². The molecule has 0 bridgehead atoms. The monoisotopic (exact) mass is 215 g/mol. The fourth-order valence-corrected chi connectivity index (χ4v) is 2.07. The second-order valence-electron chi connectivity index (χ2n) is 3.66. The summed E-state index contributed by atoms with van der Waals surface area (Å²) in [6, 6.07) is 0. The Kier molecular flexibility index (Phi) is 2.60. The Balaban J connectivity index is 2.16. The third-order valence-electron chi connectivity index (χ3n) is 2.68. The molecule has 1 heterocycles. The number of aliphatic imine (C=N–C) groups is 2. The molecule has 14 heavy (non-hydrogen) atoms. The Labute approximate surface area is 87.8 Å². The maximum absolute atomic E-state index is 5.89. The molecule has 1 unspecified atom stereocenters. The van der Waals surface area contributed by atoms with E-state index >= 15 is 0 Å². The fraction of sp³-hybridized carbons (Fsp3) is 0.750. The third kappa shape index (κ3) is 1.69. The van der Waals surface area contributed by atoms with E-state index in [1.807, 2.05) is 0 Å². The first-order valence-electron chi connectivity index (χ1n) is 4.78. The molecule has 1 saturated carbocycles. The highest BCUT2D eigenvalue weighted by Gasteiger charge is 2.27. The van der Waals surface area contributed by atoms with Gasteiger partial charge in [0.05, 0.1) is 0 Å². The van der Waals surface area contributed by atoms with Crippen LogP contribution in [0, 0.1) is 5.92 Å². The number of rotatable bonds is 1. The van der Waals surface area contributed by atoms with Crippen molar-refractivity contribution in [2.75, 3.05) is 0 Å². The summed E-state index contributed by atoms with van der Waals surface area (Å²) in [5.74, 6) is 6.96. The summed E-state index contributed by atoms with van der Waals surface area (Å²) in [6.45, 7) is 0. The van der Waals surface area contributed by atoms with Crippen molar-refractivity contribution in [3.05, 3.63) is 0 Å². The maximum Gasteiger partial charge on any atom is 0.215 e. The first kappa shape index (κ1) is 9.73. The molecule has 0 aromatic carbocycles. The minimum absolute atomic E-state index is 0.252. The number of hydrazine groups is 1. The van der Waals surface area contributed by atoms with Gasteiger partial charge in [-0.05, 0) is 12.8 Å². The van der Waals surface area contributed by atoms with Crippen LogP contribution in [0.15, 0.2) is 9.98 Å². The van der Waals surface area contributed by atoms with Crippen molar-refractivity contribution in [3.8, 4) is 0 Å². The molecule has 1 aliphatic carbocycles. The normalized spacial score (nSPS) is 29.0. The molecule has 0 radical (unpaired) electrons. The highest BCUT2D eigenvalue weighted by atomic mass is 35.5. The van der Waals surface area contributed by atoms with Crippen molar-refractivity contribution in [1.29, 1.82) is 0 Å². The smallest absolute Gasteiger partial charge is 0.215 e. The molecule has 1 fully saturated rings. The molecule has 4 N–H and O–H groups in total. The lowest BCUT2D eigenvalue weighted by Gasteiger charge is -2.25. The minimum atomic E-state index is -0.608. The van der Waals surface area contributed by atoms with Crippen molar-refractivity contribution >= 4 is 23.4 Å². The van der Waals surface area contributed by atoms with Gasteiger partial charge < -0.3 is 5.73 Å². The topological polar surface area (TPSA) is 80.0 Å². The Morgan fingerprint density at radius 1 is 1.36 bits per heavy atom. The molecular weight excluding hydrogens is 202 g/mol. The van der Waals surface area contributed by atoms with E-state index in [4.69, 9.17) is 23.2 Å². The van der Waals surface area contributed by atoms with Gasteiger partial charge in [0.1, 0.15) is 5.84 Å². The van der Waals surface area contributed by atoms with Crippen LogP contribution in [0.4, 0.5) is 0 Å². The van der Waals surface area contributed by atoms with Crippen LogP contribution in [-0.2, 0) is 0 Å². The Morgan fingerprint density at radius 3 is 2.57 bits per heavy atom. The molecule has 2 aliphatic rings. The largest absolute Gasteiger partial charge is 0.368 e. The molecule has 6 heteroatoms. The van der Waals surface area contributed by atoms with Crippen LogP contribution in [-0.4, -0.2) is 22.4 Å². The number of nitrogens with two attached hydrogens (primary N) is 2. The van der Waals surface area contributed by atoms with Crippen molar-refractivity contribution in [2.24, 2.45) is 27.5 Å². The van der Waals surface area contributed by atoms with E-state index in [2.05, 4.69) is 9.98 Å². The molecule has 5 nitrogen and oxygen atoms in total. The molecule has 1 aliphatic heterocycles. The van der Waals surface area contributed by atoms with E-state index in [1.54, 1.807) is 0 Å². The lowest BCUT2D eigenvalue weighted by molar-refractivity contribution is 0.402. The number of hydrogen-bond donors (Lipinski definition) is 2. The average Bonchev–Trinajstić information content (AvgIpc) is 2.66. The standard InChI is InChI=1S/C8H14ClN5/c9-7-12-6(5-3-1-2-4-5)13-8(10)14(7)11/h5,7H,1-4,11H2,(H2,10,12,13). The number of amidine groups is 1. The van der Waals surface area contributed by atoms with Gasteiger partial charge in [-0.1, -0.05) is 24.4 Å². The second-order valence-corrected chi connectivity index (χ2v) is 4.05. The molecule has 0 aromatic heterocycles. The van der Waals surface area contributed by atoms with E-state index in [1.165, 1.54) is 17.9 Å². The SMILES string of the molecule is NC1=NC(C2CCCC2)=NC(Cl)N1N. The van der Waals surface area contributed by atoms with Crippen LogP contribution in [0.2, 0.25) is 0 Å². The zero-order chi connectivity index (χ0) is 10.1. The Morgan fingerprint density at radius 2 is 2.00 bits per heavy atom. The second kappa shape index (κ2) is 3.74. The summed E-state index contributed by atoms with van der Waals surface area (Å²) in [4.78, 5) is 8.37. The maximum atomic E-state index is 5.89. The van der Waals surface area contributed by atoms with Gasteiger partial charge in [0.15, 0.2) is 0 Å². The first-order valence-corrected chi connectivity index (χ1v) is 5.22. The van der Waals surface area contributed by atoms with E-state index < -0.39 is 5.62 Å². The molecule has 0 amide bonds. The molecule has 2 rings (SSSR count). The predicted molar refractivity (Wildman–Crippen MR) is 56.7 cm³/mol. The van der Waals surface area contributed by atoms with E-state index in [9.17, 15) is 0 Å². The van der Waals surface area contributed by atoms with Crippen LogP contribution in [0.25, 0.3) is 0 Å². The van der Waals surface area contributed by atoms with Crippen molar-refractivity contribution < 1.29 is 0 Å². The van der Waals surface area contributed by atoms with Gasteiger partial charge in [0, 0.05) is 5.92 Å². The third-order valence-corrected chi connectivity index (χ3v) is 2.99. The van der Waals surface area contributed by atoms with Gasteiger partial charge in [-0.2, -0.15) is 4.99 Å². The van der Waals surface area contributed by atoms with Crippen LogP contribution in [0.5, 0.6) is 0 Å². The first-order chi connectivity index (χ1) is 6.68. The predicted octanol–water partition coefficient (Wildman–Crippen LogP) is 0.601. The summed E-state index contributed by atoms with van der Waals surface area (Å²) in [5, 5.41) is 1.17. The molecule has 0 spiro atoms. The lowest BCUT2D eigenvalue weighted by Crippen LogP contribution is -2.49. The summed E-state index contributed by atoms with van der Waals surface area (Å²) < 4.78 is 0. The highest BCUT2D eigenvalue weighted by Crippen LogP contribution is 2.28. The van der Waals surface area contributed by atoms with Gasteiger partial charge in [-0.25, -0.2) is 15.8 Å². The van der Waals surface area contributed by atoms with Crippen LogP contribution < -0.4 is 11.6 Å². The zero-order valence-corrected chi connectivity index (χ0v) is 8.61. The number of guanidine groups is 1. The number of hydrogen-bond acceptors (Lipinski definition) is 5. The number of alkyl halides is 1. The van der Waals surface area contributed by atoms with E-state index in [-0.39, 0.29) is 5.96 Å². The zero-order valence-electron chi connectivity index (χ0n) is 7.86. The van der Waals surface area contributed by atoms with E-state index in [0.29, 0.717) is 5.92 Å². The lowest BCUT2D eigenvalue weighted by atomic mass is 10.1. The molecule has 1 atom stereocenters. The Bertz CT molecular complexity index is 281. The van der Waals surface area contributed by atoms with Crippen LogP contribution in [0.3, 0.4) is 0 Å². The number of halogens is 1.